The van der Waals surface area contributed by atoms with Crippen LogP contribution < -0.4 is 0 Å². The largest absolute Gasteiger partial charge is 0.339 e. The molecule has 1 saturated carbocycles. The molecule has 0 spiro atoms. The normalized spacial score (nSPS) is 18.5. The Morgan fingerprint density at radius 3 is 2.35 bits per heavy atom. The summed E-state index contributed by atoms with van der Waals surface area (Å²) < 4.78 is 0. The van der Waals surface area contributed by atoms with E-state index in [4.69, 9.17) is 0 Å². The topological polar surface area (TPSA) is 40.6 Å². The van der Waals surface area contributed by atoms with Gasteiger partial charge in [-0.15, -0.1) is 0 Å². The van der Waals surface area contributed by atoms with E-state index < -0.39 is 0 Å². The Balaban J connectivity index is 1.51. The number of benzene rings is 1. The van der Waals surface area contributed by atoms with Crippen molar-refractivity contribution in [2.75, 3.05) is 19.6 Å². The highest BCUT2D eigenvalue weighted by Gasteiger charge is 2.37. The zero-order valence-electron chi connectivity index (χ0n) is 15.9. The Morgan fingerprint density at radius 1 is 1.12 bits per heavy atom. The first-order valence-electron chi connectivity index (χ1n) is 9.87. The third-order valence-electron chi connectivity index (χ3n) is 5.21. The van der Waals surface area contributed by atoms with Crippen molar-refractivity contribution in [3.8, 4) is 0 Å². The second-order valence-corrected chi connectivity index (χ2v) is 7.96. The summed E-state index contributed by atoms with van der Waals surface area (Å²) >= 11 is 0. The molecule has 26 heavy (non-hydrogen) atoms. The molecule has 0 aromatic heterocycles. The average Bonchev–Trinajstić information content (AvgIpc) is 3.49. The van der Waals surface area contributed by atoms with Gasteiger partial charge < -0.3 is 9.80 Å². The molecule has 0 unspecified atom stereocenters. The first-order chi connectivity index (χ1) is 12.5. The van der Waals surface area contributed by atoms with Crippen molar-refractivity contribution in [1.82, 2.24) is 9.80 Å². The highest BCUT2D eigenvalue weighted by Crippen LogP contribution is 2.31. The molecule has 2 amide bonds. The van der Waals surface area contributed by atoms with Gasteiger partial charge in [0, 0.05) is 37.7 Å². The van der Waals surface area contributed by atoms with Crippen molar-refractivity contribution in [2.24, 2.45) is 11.8 Å². The molecule has 140 valence electrons. The van der Waals surface area contributed by atoms with Crippen LogP contribution in [-0.2, 0) is 9.59 Å². The lowest BCUT2D eigenvalue weighted by atomic mass is 9.94. The number of hydrogen-bond donors (Lipinski definition) is 0. The van der Waals surface area contributed by atoms with Gasteiger partial charge in [0.2, 0.25) is 11.8 Å². The van der Waals surface area contributed by atoms with Crippen molar-refractivity contribution in [2.45, 2.75) is 45.6 Å². The maximum atomic E-state index is 12.9. The fraction of sp³-hybridized carbons (Fsp3) is 0.545. The molecule has 1 aromatic carbocycles. The summed E-state index contributed by atoms with van der Waals surface area (Å²) in [5, 5.41) is 0. The highest BCUT2D eigenvalue weighted by atomic mass is 16.2. The molecule has 4 nitrogen and oxygen atoms in total. The van der Waals surface area contributed by atoms with E-state index in [-0.39, 0.29) is 11.8 Å². The fourth-order valence-electron chi connectivity index (χ4n) is 3.62. The van der Waals surface area contributed by atoms with E-state index in [0.717, 1.165) is 37.8 Å². The van der Waals surface area contributed by atoms with E-state index in [2.05, 4.69) is 18.7 Å². The summed E-state index contributed by atoms with van der Waals surface area (Å²) in [5.74, 6) is 0.940. The number of rotatable bonds is 6. The van der Waals surface area contributed by atoms with Gasteiger partial charge in [0.1, 0.15) is 0 Å². The average molecular weight is 354 g/mol. The van der Waals surface area contributed by atoms with Gasteiger partial charge >= 0.3 is 0 Å². The third kappa shape index (κ3) is 4.96. The Kier molecular flexibility index (Phi) is 6.12. The predicted molar refractivity (Wildman–Crippen MR) is 104 cm³/mol. The molecule has 1 aliphatic carbocycles. The molecule has 0 radical (unpaired) electrons. The number of carbonyl (C=O) groups excluding carboxylic acids is 2. The minimum atomic E-state index is 0.0426. The van der Waals surface area contributed by atoms with Crippen molar-refractivity contribution >= 4 is 17.9 Å². The summed E-state index contributed by atoms with van der Waals surface area (Å²) in [6.07, 6.45) is 7.38. The van der Waals surface area contributed by atoms with Crippen LogP contribution in [0.2, 0.25) is 0 Å². The van der Waals surface area contributed by atoms with Crippen LogP contribution >= 0.6 is 0 Å². The predicted octanol–water partition coefficient (Wildman–Crippen LogP) is 3.59. The molecule has 0 bridgehead atoms. The zero-order valence-corrected chi connectivity index (χ0v) is 15.9. The number of carbonyl (C=O) groups is 2. The Labute approximate surface area is 156 Å². The van der Waals surface area contributed by atoms with E-state index in [9.17, 15) is 9.59 Å². The summed E-state index contributed by atoms with van der Waals surface area (Å²) in [4.78, 5) is 29.3. The van der Waals surface area contributed by atoms with Crippen LogP contribution in [0.5, 0.6) is 0 Å². The van der Waals surface area contributed by atoms with Crippen molar-refractivity contribution in [3.05, 3.63) is 42.0 Å². The maximum absolute atomic E-state index is 12.9. The van der Waals surface area contributed by atoms with E-state index in [1.54, 1.807) is 6.08 Å². The maximum Gasteiger partial charge on any atom is 0.246 e. The molecule has 1 aromatic rings. The van der Waals surface area contributed by atoms with Crippen LogP contribution in [0.15, 0.2) is 36.4 Å². The molecule has 3 rings (SSSR count). The van der Waals surface area contributed by atoms with E-state index in [0.29, 0.717) is 31.0 Å². The standard InChI is InChI=1S/C22H30N2O2/c1-17(2)16-24(20-9-10-20)22(26)19-12-14-23(15-13-19)21(25)11-8-18-6-4-3-5-7-18/h3-8,11,17,19-20H,9-10,12-16H2,1-2H3/b11-8+. The first kappa shape index (κ1) is 18.7. The zero-order chi connectivity index (χ0) is 18.5. The molecule has 4 heteroatoms. The lowest BCUT2D eigenvalue weighted by Gasteiger charge is -2.34. The van der Waals surface area contributed by atoms with Gasteiger partial charge in [-0.05, 0) is 43.2 Å². The van der Waals surface area contributed by atoms with Crippen LogP contribution in [-0.4, -0.2) is 47.3 Å². The molecule has 2 aliphatic rings. The molecular weight excluding hydrogens is 324 g/mol. The fourth-order valence-corrected chi connectivity index (χ4v) is 3.62. The number of piperidine rings is 1. The van der Waals surface area contributed by atoms with Gasteiger partial charge in [0.25, 0.3) is 0 Å². The lowest BCUT2D eigenvalue weighted by Crippen LogP contribution is -2.45. The Bertz CT molecular complexity index is 641. The minimum Gasteiger partial charge on any atom is -0.339 e. The molecule has 0 N–H and O–H groups in total. The second-order valence-electron chi connectivity index (χ2n) is 7.96. The van der Waals surface area contributed by atoms with Crippen molar-refractivity contribution in [3.63, 3.8) is 0 Å². The number of amides is 2. The van der Waals surface area contributed by atoms with Gasteiger partial charge in [-0.25, -0.2) is 0 Å². The van der Waals surface area contributed by atoms with E-state index >= 15 is 0 Å². The van der Waals surface area contributed by atoms with E-state index in [1.165, 1.54) is 0 Å². The van der Waals surface area contributed by atoms with Gasteiger partial charge in [-0.3, -0.25) is 9.59 Å². The minimum absolute atomic E-state index is 0.0426. The quantitative estimate of drug-likeness (QED) is 0.733. The summed E-state index contributed by atoms with van der Waals surface area (Å²) in [6, 6.07) is 10.3. The first-order valence-corrected chi connectivity index (χ1v) is 9.87. The van der Waals surface area contributed by atoms with Crippen molar-refractivity contribution in [1.29, 1.82) is 0 Å². The summed E-state index contributed by atoms with van der Waals surface area (Å²) in [7, 11) is 0. The lowest BCUT2D eigenvalue weighted by molar-refractivity contribution is -0.140. The monoisotopic (exact) mass is 354 g/mol. The van der Waals surface area contributed by atoms with Crippen LogP contribution in [0.25, 0.3) is 6.08 Å². The molecule has 2 fully saturated rings. The van der Waals surface area contributed by atoms with Gasteiger partial charge in [0.05, 0.1) is 0 Å². The van der Waals surface area contributed by atoms with Gasteiger partial charge in [-0.1, -0.05) is 44.2 Å². The van der Waals surface area contributed by atoms with Crippen LogP contribution in [0.3, 0.4) is 0 Å². The smallest absolute Gasteiger partial charge is 0.246 e. The molecule has 1 heterocycles. The van der Waals surface area contributed by atoms with Crippen LogP contribution in [0.4, 0.5) is 0 Å². The van der Waals surface area contributed by atoms with Gasteiger partial charge in [-0.2, -0.15) is 0 Å². The second kappa shape index (κ2) is 8.52. The molecule has 0 atom stereocenters. The van der Waals surface area contributed by atoms with E-state index in [1.807, 2.05) is 41.3 Å². The number of likely N-dealkylation sites (tertiary alicyclic amines) is 1. The molecular formula is C22H30N2O2. The molecule has 1 aliphatic heterocycles. The van der Waals surface area contributed by atoms with Gasteiger partial charge in [0.15, 0.2) is 0 Å². The third-order valence-corrected chi connectivity index (χ3v) is 5.21. The SMILES string of the molecule is CC(C)CN(C(=O)C1CCN(C(=O)/C=C/c2ccccc2)CC1)C1CC1. The number of nitrogens with zero attached hydrogens (tertiary/aromatic N) is 2. The Hall–Kier alpha value is -2.10. The summed E-state index contributed by atoms with van der Waals surface area (Å²) in [5.41, 5.74) is 1.03. The Morgan fingerprint density at radius 2 is 1.77 bits per heavy atom. The summed E-state index contributed by atoms with van der Waals surface area (Å²) in [6.45, 7) is 6.55. The van der Waals surface area contributed by atoms with Crippen LogP contribution in [0, 0.1) is 11.8 Å². The van der Waals surface area contributed by atoms with Crippen LogP contribution in [0.1, 0.15) is 45.1 Å². The molecule has 1 saturated heterocycles. The van der Waals surface area contributed by atoms with Crippen molar-refractivity contribution < 1.29 is 9.59 Å². The highest BCUT2D eigenvalue weighted by molar-refractivity contribution is 5.92. The number of hydrogen-bond acceptors (Lipinski definition) is 2.